The first-order valence-electron chi connectivity index (χ1n) is 6.87. The highest BCUT2D eigenvalue weighted by atomic mass is 16.5. The van der Waals surface area contributed by atoms with E-state index in [9.17, 15) is 4.79 Å². The Balaban J connectivity index is 2.07. The lowest BCUT2D eigenvalue weighted by Crippen LogP contribution is -2.25. The number of benzene rings is 1. The number of hydrogen-bond acceptors (Lipinski definition) is 3. The minimum absolute atomic E-state index is 0.169. The second-order valence-corrected chi connectivity index (χ2v) is 4.88. The van der Waals surface area contributed by atoms with Gasteiger partial charge in [0.2, 0.25) is 0 Å². The van der Waals surface area contributed by atoms with E-state index in [0.717, 1.165) is 31.5 Å². The van der Waals surface area contributed by atoms with E-state index in [2.05, 4.69) is 36.1 Å². The van der Waals surface area contributed by atoms with E-state index in [1.807, 2.05) is 13.1 Å². The van der Waals surface area contributed by atoms with Crippen LogP contribution in [0.15, 0.2) is 36.0 Å². The zero-order valence-corrected chi connectivity index (χ0v) is 11.7. The monoisotopic (exact) mass is 259 g/mol. The maximum atomic E-state index is 11.7. The lowest BCUT2D eigenvalue weighted by Gasteiger charge is -2.26. The third-order valence-corrected chi connectivity index (χ3v) is 3.40. The molecular weight excluding hydrogens is 238 g/mol. The van der Waals surface area contributed by atoms with Crippen LogP contribution < -0.4 is 0 Å². The normalized spacial score (nSPS) is 15.1. The lowest BCUT2D eigenvalue weighted by molar-refractivity contribution is -0.138. The van der Waals surface area contributed by atoms with E-state index in [4.69, 9.17) is 4.74 Å². The van der Waals surface area contributed by atoms with Crippen molar-refractivity contribution in [2.45, 2.75) is 33.2 Å². The molecule has 1 aromatic rings. The van der Waals surface area contributed by atoms with Gasteiger partial charge in [0, 0.05) is 19.3 Å². The molecule has 0 atom stereocenters. The van der Waals surface area contributed by atoms with Crippen LogP contribution in [0.25, 0.3) is 0 Å². The highest BCUT2D eigenvalue weighted by molar-refractivity contribution is 5.88. The molecule has 0 saturated carbocycles. The Hall–Kier alpha value is -1.77. The number of carbonyl (C=O) groups is 1. The SMILES string of the molecule is CCOC(=O)C1=CN(Cc2ccccc2C)CCC1. The highest BCUT2D eigenvalue weighted by Crippen LogP contribution is 2.19. The van der Waals surface area contributed by atoms with Crippen LogP contribution in [-0.2, 0) is 16.1 Å². The molecule has 0 fully saturated rings. The third kappa shape index (κ3) is 3.60. The minimum Gasteiger partial charge on any atom is -0.463 e. The van der Waals surface area contributed by atoms with E-state index in [0.29, 0.717) is 6.61 Å². The van der Waals surface area contributed by atoms with Crippen molar-refractivity contribution in [1.29, 1.82) is 0 Å². The van der Waals surface area contributed by atoms with Crippen molar-refractivity contribution in [2.24, 2.45) is 0 Å². The van der Waals surface area contributed by atoms with E-state index in [1.54, 1.807) is 0 Å². The summed E-state index contributed by atoms with van der Waals surface area (Å²) in [5.74, 6) is -0.169. The highest BCUT2D eigenvalue weighted by Gasteiger charge is 2.17. The van der Waals surface area contributed by atoms with E-state index >= 15 is 0 Å². The van der Waals surface area contributed by atoms with Gasteiger partial charge in [-0.2, -0.15) is 0 Å². The zero-order chi connectivity index (χ0) is 13.7. The van der Waals surface area contributed by atoms with Crippen LogP contribution in [0.1, 0.15) is 30.9 Å². The second kappa shape index (κ2) is 6.41. The van der Waals surface area contributed by atoms with Crippen molar-refractivity contribution in [3.05, 3.63) is 47.2 Å². The maximum absolute atomic E-state index is 11.7. The molecule has 0 spiro atoms. The average Bonchev–Trinajstić information content (AvgIpc) is 2.42. The molecule has 1 aliphatic rings. The summed E-state index contributed by atoms with van der Waals surface area (Å²) in [6, 6.07) is 8.37. The largest absolute Gasteiger partial charge is 0.463 e. The predicted octanol–water partition coefficient (Wildman–Crippen LogP) is 3.04. The molecule has 102 valence electrons. The van der Waals surface area contributed by atoms with Crippen molar-refractivity contribution < 1.29 is 9.53 Å². The standard InChI is InChI=1S/C16H21NO2/c1-3-19-16(18)15-9-6-10-17(12-15)11-14-8-5-4-7-13(14)2/h4-5,7-8,12H,3,6,9-11H2,1-2H3. The summed E-state index contributed by atoms with van der Waals surface area (Å²) < 4.78 is 5.07. The first kappa shape index (κ1) is 13.7. The molecule has 0 amide bonds. The summed E-state index contributed by atoms with van der Waals surface area (Å²) in [7, 11) is 0. The number of aryl methyl sites for hydroxylation is 1. The molecule has 1 aromatic carbocycles. The van der Waals surface area contributed by atoms with Crippen LogP contribution in [0.4, 0.5) is 0 Å². The van der Waals surface area contributed by atoms with Crippen molar-refractivity contribution in [2.75, 3.05) is 13.2 Å². The first-order valence-corrected chi connectivity index (χ1v) is 6.87. The summed E-state index contributed by atoms with van der Waals surface area (Å²) in [6.45, 7) is 6.25. The lowest BCUT2D eigenvalue weighted by atomic mass is 10.1. The van der Waals surface area contributed by atoms with Gasteiger partial charge in [0.25, 0.3) is 0 Å². The Morgan fingerprint density at radius 1 is 1.37 bits per heavy atom. The smallest absolute Gasteiger partial charge is 0.335 e. The Labute approximate surface area is 114 Å². The fourth-order valence-electron chi connectivity index (χ4n) is 2.33. The van der Waals surface area contributed by atoms with Gasteiger partial charge in [0.15, 0.2) is 0 Å². The van der Waals surface area contributed by atoms with Gasteiger partial charge in [-0.15, -0.1) is 0 Å². The van der Waals surface area contributed by atoms with Crippen molar-refractivity contribution >= 4 is 5.97 Å². The summed E-state index contributed by atoms with van der Waals surface area (Å²) in [6.07, 6.45) is 3.80. The Morgan fingerprint density at radius 3 is 2.89 bits per heavy atom. The van der Waals surface area contributed by atoms with E-state index < -0.39 is 0 Å². The van der Waals surface area contributed by atoms with Gasteiger partial charge in [0.05, 0.1) is 12.2 Å². The number of hydrogen-bond donors (Lipinski definition) is 0. The molecule has 0 radical (unpaired) electrons. The Morgan fingerprint density at radius 2 is 2.16 bits per heavy atom. The molecule has 3 heteroatoms. The predicted molar refractivity (Wildman–Crippen MR) is 75.5 cm³/mol. The van der Waals surface area contributed by atoms with Gasteiger partial charge in [-0.25, -0.2) is 4.79 Å². The molecule has 19 heavy (non-hydrogen) atoms. The van der Waals surface area contributed by atoms with Crippen LogP contribution in [0.2, 0.25) is 0 Å². The summed E-state index contributed by atoms with van der Waals surface area (Å²) in [5.41, 5.74) is 3.39. The van der Waals surface area contributed by atoms with Crippen LogP contribution in [0.3, 0.4) is 0 Å². The fourth-order valence-corrected chi connectivity index (χ4v) is 2.33. The summed E-state index contributed by atoms with van der Waals surface area (Å²) in [4.78, 5) is 14.0. The van der Waals surface area contributed by atoms with Crippen molar-refractivity contribution in [1.82, 2.24) is 4.90 Å². The number of rotatable bonds is 4. The number of nitrogens with zero attached hydrogens (tertiary/aromatic N) is 1. The van der Waals surface area contributed by atoms with E-state index in [-0.39, 0.29) is 5.97 Å². The van der Waals surface area contributed by atoms with Gasteiger partial charge in [0.1, 0.15) is 0 Å². The Kier molecular flexibility index (Phi) is 4.61. The van der Waals surface area contributed by atoms with Gasteiger partial charge < -0.3 is 9.64 Å². The third-order valence-electron chi connectivity index (χ3n) is 3.40. The van der Waals surface area contributed by atoms with Gasteiger partial charge in [-0.05, 0) is 37.8 Å². The van der Waals surface area contributed by atoms with Crippen LogP contribution in [0, 0.1) is 6.92 Å². The molecule has 0 N–H and O–H groups in total. The molecule has 1 aliphatic heterocycles. The van der Waals surface area contributed by atoms with E-state index in [1.165, 1.54) is 11.1 Å². The second-order valence-electron chi connectivity index (χ2n) is 4.88. The average molecular weight is 259 g/mol. The van der Waals surface area contributed by atoms with Crippen LogP contribution in [-0.4, -0.2) is 24.0 Å². The molecule has 1 heterocycles. The summed E-state index contributed by atoms with van der Waals surface area (Å²) >= 11 is 0. The van der Waals surface area contributed by atoms with Gasteiger partial charge in [-0.1, -0.05) is 24.3 Å². The van der Waals surface area contributed by atoms with Gasteiger partial charge in [-0.3, -0.25) is 0 Å². The van der Waals surface area contributed by atoms with Crippen molar-refractivity contribution in [3.63, 3.8) is 0 Å². The maximum Gasteiger partial charge on any atom is 0.335 e. The molecule has 2 rings (SSSR count). The quantitative estimate of drug-likeness (QED) is 0.778. The van der Waals surface area contributed by atoms with Gasteiger partial charge >= 0.3 is 5.97 Å². The van der Waals surface area contributed by atoms with Crippen molar-refractivity contribution in [3.8, 4) is 0 Å². The number of carbonyl (C=O) groups excluding carboxylic acids is 1. The Bertz CT molecular complexity index is 479. The molecule has 0 saturated heterocycles. The molecule has 0 aromatic heterocycles. The molecule has 0 aliphatic carbocycles. The molecular formula is C16H21NO2. The number of ether oxygens (including phenoxy) is 1. The minimum atomic E-state index is -0.169. The summed E-state index contributed by atoms with van der Waals surface area (Å²) in [5, 5.41) is 0. The van der Waals surface area contributed by atoms with Crippen LogP contribution in [0.5, 0.6) is 0 Å². The van der Waals surface area contributed by atoms with Crippen LogP contribution >= 0.6 is 0 Å². The molecule has 0 bridgehead atoms. The molecule has 0 unspecified atom stereocenters. The first-order chi connectivity index (χ1) is 9.20. The topological polar surface area (TPSA) is 29.5 Å². The molecule has 3 nitrogen and oxygen atoms in total. The number of esters is 1. The fraction of sp³-hybridized carbons (Fsp3) is 0.438. The zero-order valence-electron chi connectivity index (χ0n) is 11.7.